The van der Waals surface area contributed by atoms with Crippen LogP contribution in [0.2, 0.25) is 0 Å². The first-order valence-corrected chi connectivity index (χ1v) is 11.0. The Balaban J connectivity index is 1.59. The molecule has 3 rings (SSSR count). The zero-order valence-corrected chi connectivity index (χ0v) is 18.8. The van der Waals surface area contributed by atoms with E-state index in [2.05, 4.69) is 24.3 Å². The van der Waals surface area contributed by atoms with E-state index < -0.39 is 6.10 Å². The number of rotatable bonds is 12. The average Bonchev–Trinajstić information content (AvgIpc) is 2.86. The van der Waals surface area contributed by atoms with E-state index in [1.807, 2.05) is 54.6 Å². The maximum Gasteiger partial charge on any atom is 0.119 e. The predicted molar refractivity (Wildman–Crippen MR) is 128 cm³/mol. The zero-order valence-electron chi connectivity index (χ0n) is 18.8. The Morgan fingerprint density at radius 2 is 1.25 bits per heavy atom. The molecule has 3 N–H and O–H groups in total. The Labute approximate surface area is 190 Å². The van der Waals surface area contributed by atoms with Gasteiger partial charge in [-0.3, -0.25) is 0 Å². The van der Waals surface area contributed by atoms with E-state index in [1.165, 1.54) is 11.1 Å². The molecule has 0 amide bonds. The third kappa shape index (κ3) is 6.74. The summed E-state index contributed by atoms with van der Waals surface area (Å²) in [6, 6.07) is 25.5. The summed E-state index contributed by atoms with van der Waals surface area (Å²) < 4.78 is 16.3. The molecule has 5 heteroatoms. The lowest BCUT2D eigenvalue weighted by molar-refractivity contribution is 0.0817. The van der Waals surface area contributed by atoms with E-state index in [0.717, 1.165) is 30.1 Å². The molecule has 0 aliphatic carbocycles. The summed E-state index contributed by atoms with van der Waals surface area (Å²) in [5, 5.41) is 10.4. The molecule has 0 saturated heterocycles. The molecular formula is C27H33NO4. The lowest BCUT2D eigenvalue weighted by Crippen LogP contribution is -2.38. The first-order chi connectivity index (χ1) is 15.6. The van der Waals surface area contributed by atoms with Crippen molar-refractivity contribution in [3.8, 4) is 17.2 Å². The van der Waals surface area contributed by atoms with Gasteiger partial charge >= 0.3 is 0 Å². The second-order valence-electron chi connectivity index (χ2n) is 7.89. The number of para-hydroxylation sites is 1. The minimum Gasteiger partial charge on any atom is -0.497 e. The summed E-state index contributed by atoms with van der Waals surface area (Å²) in [6.45, 7) is 0.186. The van der Waals surface area contributed by atoms with E-state index in [9.17, 15) is 5.11 Å². The lowest BCUT2D eigenvalue weighted by atomic mass is 9.86. The molecule has 1 unspecified atom stereocenters. The van der Waals surface area contributed by atoms with Gasteiger partial charge in [0.1, 0.15) is 30.0 Å². The van der Waals surface area contributed by atoms with Gasteiger partial charge in [-0.25, -0.2) is 0 Å². The van der Waals surface area contributed by atoms with Crippen LogP contribution in [-0.4, -0.2) is 38.1 Å². The van der Waals surface area contributed by atoms with E-state index in [4.69, 9.17) is 19.9 Å². The summed E-state index contributed by atoms with van der Waals surface area (Å²) in [5.41, 5.74) is 8.70. The van der Waals surface area contributed by atoms with Crippen molar-refractivity contribution in [2.75, 3.05) is 20.8 Å². The molecule has 0 heterocycles. The van der Waals surface area contributed by atoms with Crippen LogP contribution in [0.3, 0.4) is 0 Å². The van der Waals surface area contributed by atoms with Crippen LogP contribution in [0.4, 0.5) is 0 Å². The molecule has 3 aromatic rings. The Morgan fingerprint density at radius 1 is 0.719 bits per heavy atom. The fourth-order valence-corrected chi connectivity index (χ4v) is 3.77. The van der Waals surface area contributed by atoms with Gasteiger partial charge in [-0.05, 0) is 60.4 Å². The van der Waals surface area contributed by atoms with Gasteiger partial charge < -0.3 is 25.1 Å². The van der Waals surface area contributed by atoms with Crippen LogP contribution in [0, 0.1) is 0 Å². The fourth-order valence-electron chi connectivity index (χ4n) is 3.77. The van der Waals surface area contributed by atoms with E-state index in [1.54, 1.807) is 14.2 Å². The molecule has 170 valence electrons. The molecule has 0 aliphatic heterocycles. The second-order valence-corrected chi connectivity index (χ2v) is 7.89. The SMILES string of the molecule is COc1ccc(C(CCCC(N)[C@@H](O)COc2ccccc2)c2ccc(OC)cc2)cc1. The number of hydrogen-bond donors (Lipinski definition) is 2. The molecule has 0 aliphatic rings. The van der Waals surface area contributed by atoms with Crippen LogP contribution < -0.4 is 19.9 Å². The van der Waals surface area contributed by atoms with Gasteiger partial charge in [0.05, 0.1) is 14.2 Å². The summed E-state index contributed by atoms with van der Waals surface area (Å²) in [7, 11) is 3.34. The van der Waals surface area contributed by atoms with Crippen molar-refractivity contribution in [1.29, 1.82) is 0 Å². The summed E-state index contributed by atoms with van der Waals surface area (Å²) >= 11 is 0. The summed E-state index contributed by atoms with van der Waals surface area (Å²) in [5.74, 6) is 2.63. The highest BCUT2D eigenvalue weighted by molar-refractivity contribution is 5.38. The van der Waals surface area contributed by atoms with Crippen LogP contribution in [0.1, 0.15) is 36.3 Å². The van der Waals surface area contributed by atoms with Gasteiger partial charge in [0.25, 0.3) is 0 Å². The maximum absolute atomic E-state index is 10.4. The number of nitrogens with two attached hydrogens (primary N) is 1. The quantitative estimate of drug-likeness (QED) is 0.429. The van der Waals surface area contributed by atoms with Crippen LogP contribution in [0.25, 0.3) is 0 Å². The normalized spacial score (nSPS) is 12.9. The largest absolute Gasteiger partial charge is 0.497 e. The second kappa shape index (κ2) is 12.1. The van der Waals surface area contributed by atoms with Crippen molar-refractivity contribution in [1.82, 2.24) is 0 Å². The first-order valence-electron chi connectivity index (χ1n) is 11.0. The van der Waals surface area contributed by atoms with Crippen molar-refractivity contribution >= 4 is 0 Å². The molecular weight excluding hydrogens is 402 g/mol. The molecule has 5 nitrogen and oxygen atoms in total. The minimum absolute atomic E-state index is 0.186. The van der Waals surface area contributed by atoms with Crippen LogP contribution in [0.5, 0.6) is 17.2 Å². The number of aliphatic hydroxyl groups is 1. The zero-order chi connectivity index (χ0) is 22.8. The van der Waals surface area contributed by atoms with E-state index >= 15 is 0 Å². The Bertz CT molecular complexity index is 865. The van der Waals surface area contributed by atoms with Crippen molar-refractivity contribution in [2.45, 2.75) is 37.3 Å². The van der Waals surface area contributed by atoms with Gasteiger partial charge in [0.2, 0.25) is 0 Å². The van der Waals surface area contributed by atoms with Crippen molar-refractivity contribution in [3.05, 3.63) is 90.0 Å². The topological polar surface area (TPSA) is 73.9 Å². The molecule has 0 fully saturated rings. The average molecular weight is 436 g/mol. The first kappa shape index (κ1) is 23.6. The lowest BCUT2D eigenvalue weighted by Gasteiger charge is -2.22. The highest BCUT2D eigenvalue weighted by Crippen LogP contribution is 2.32. The highest BCUT2D eigenvalue weighted by atomic mass is 16.5. The number of hydrogen-bond acceptors (Lipinski definition) is 5. The molecule has 0 aromatic heterocycles. The Morgan fingerprint density at radius 3 is 1.75 bits per heavy atom. The Kier molecular flexibility index (Phi) is 8.96. The Hall–Kier alpha value is -3.02. The van der Waals surface area contributed by atoms with Crippen LogP contribution >= 0.6 is 0 Å². The molecule has 3 aromatic carbocycles. The number of ether oxygens (including phenoxy) is 3. The van der Waals surface area contributed by atoms with Crippen molar-refractivity contribution in [2.24, 2.45) is 5.73 Å². The van der Waals surface area contributed by atoms with Crippen molar-refractivity contribution < 1.29 is 19.3 Å². The molecule has 0 saturated carbocycles. The van der Waals surface area contributed by atoms with Crippen molar-refractivity contribution in [3.63, 3.8) is 0 Å². The fraction of sp³-hybridized carbons (Fsp3) is 0.333. The maximum atomic E-state index is 10.4. The van der Waals surface area contributed by atoms with Gasteiger partial charge in [0.15, 0.2) is 0 Å². The smallest absolute Gasteiger partial charge is 0.119 e. The summed E-state index contributed by atoms with van der Waals surface area (Å²) in [6.07, 6.45) is 1.79. The molecule has 2 atom stereocenters. The minimum atomic E-state index is -0.712. The standard InChI is InChI=1S/C27H33NO4/c1-30-22-15-11-20(12-16-22)25(21-13-17-23(31-2)18-14-21)9-6-10-26(28)27(29)19-32-24-7-4-3-5-8-24/h3-5,7-8,11-18,25-27,29H,6,9-10,19,28H2,1-2H3/t26?,27-/m0/s1. The molecule has 32 heavy (non-hydrogen) atoms. The molecule has 0 bridgehead atoms. The number of aliphatic hydroxyl groups excluding tert-OH is 1. The van der Waals surface area contributed by atoms with E-state index in [-0.39, 0.29) is 18.6 Å². The third-order valence-electron chi connectivity index (χ3n) is 5.72. The molecule has 0 radical (unpaired) electrons. The van der Waals surface area contributed by atoms with Gasteiger partial charge in [0, 0.05) is 12.0 Å². The van der Waals surface area contributed by atoms with Gasteiger partial charge in [-0.15, -0.1) is 0 Å². The highest BCUT2D eigenvalue weighted by Gasteiger charge is 2.19. The molecule has 0 spiro atoms. The van der Waals surface area contributed by atoms with E-state index in [0.29, 0.717) is 6.42 Å². The van der Waals surface area contributed by atoms with Crippen LogP contribution in [0.15, 0.2) is 78.9 Å². The summed E-state index contributed by atoms with van der Waals surface area (Å²) in [4.78, 5) is 0. The monoisotopic (exact) mass is 435 g/mol. The van der Waals surface area contributed by atoms with Crippen LogP contribution in [-0.2, 0) is 0 Å². The number of benzene rings is 3. The number of methoxy groups -OCH3 is 2. The van der Waals surface area contributed by atoms with Gasteiger partial charge in [-0.1, -0.05) is 48.9 Å². The van der Waals surface area contributed by atoms with Gasteiger partial charge in [-0.2, -0.15) is 0 Å². The third-order valence-corrected chi connectivity index (χ3v) is 5.72. The predicted octanol–water partition coefficient (Wildman–Crippen LogP) is 4.77.